The van der Waals surface area contributed by atoms with Crippen molar-refractivity contribution in [3.63, 3.8) is 0 Å². The van der Waals surface area contributed by atoms with Crippen molar-refractivity contribution in [2.75, 3.05) is 32.8 Å². The summed E-state index contributed by atoms with van der Waals surface area (Å²) < 4.78 is 5.30. The fourth-order valence-corrected chi connectivity index (χ4v) is 2.93. The van der Waals surface area contributed by atoms with Gasteiger partial charge in [0.05, 0.1) is 19.3 Å². The number of nitrogens with zero attached hydrogens (tertiary/aromatic N) is 2. The number of carbonyl (C=O) groups excluding carboxylic acids is 1. The topological polar surface area (TPSA) is 70.1 Å². The van der Waals surface area contributed by atoms with Gasteiger partial charge in [-0.1, -0.05) is 6.92 Å². The Labute approximate surface area is 126 Å². The second-order valence-corrected chi connectivity index (χ2v) is 6.01. The minimum atomic E-state index is -0.881. The Balaban J connectivity index is 2.06. The summed E-state index contributed by atoms with van der Waals surface area (Å²) in [4.78, 5) is 27.7. The first-order valence-corrected chi connectivity index (χ1v) is 7.94. The Morgan fingerprint density at radius 1 is 1.24 bits per heavy atom. The lowest BCUT2D eigenvalue weighted by Gasteiger charge is -2.34. The molecule has 6 nitrogen and oxygen atoms in total. The fourth-order valence-electron chi connectivity index (χ4n) is 2.93. The van der Waals surface area contributed by atoms with E-state index in [2.05, 4.69) is 6.92 Å². The summed E-state index contributed by atoms with van der Waals surface area (Å²) in [6.45, 7) is 6.52. The number of urea groups is 1. The number of hydrogen-bond donors (Lipinski definition) is 1. The SMILES string of the molecule is CCCN(CC1CC1)C(=O)N(CC)C1COCC1C(=O)O. The predicted octanol–water partition coefficient (Wildman–Crippen LogP) is 1.65. The standard InChI is InChI=1S/C15H26N2O4/c1-3-7-16(8-11-5-6-11)15(20)17(4-2)13-10-21-9-12(13)14(18)19/h11-13H,3-10H2,1-2H3,(H,18,19). The van der Waals surface area contributed by atoms with Crippen LogP contribution in [0.1, 0.15) is 33.1 Å². The van der Waals surface area contributed by atoms with Crippen molar-refractivity contribution < 1.29 is 19.4 Å². The number of carbonyl (C=O) groups is 2. The van der Waals surface area contributed by atoms with Crippen LogP contribution in [0.4, 0.5) is 4.79 Å². The highest BCUT2D eigenvalue weighted by Gasteiger charge is 2.41. The summed E-state index contributed by atoms with van der Waals surface area (Å²) in [6, 6.07) is -0.383. The summed E-state index contributed by atoms with van der Waals surface area (Å²) in [7, 11) is 0. The van der Waals surface area contributed by atoms with Crippen LogP contribution < -0.4 is 0 Å². The van der Waals surface area contributed by atoms with E-state index in [1.54, 1.807) is 4.90 Å². The van der Waals surface area contributed by atoms with Gasteiger partial charge < -0.3 is 19.6 Å². The zero-order valence-corrected chi connectivity index (χ0v) is 13.0. The van der Waals surface area contributed by atoms with Gasteiger partial charge in [-0.05, 0) is 32.1 Å². The maximum atomic E-state index is 12.8. The number of carboxylic acid groups (broad SMARTS) is 1. The third-order valence-corrected chi connectivity index (χ3v) is 4.29. The minimum absolute atomic E-state index is 0.0343. The molecule has 6 heteroatoms. The van der Waals surface area contributed by atoms with E-state index in [4.69, 9.17) is 4.74 Å². The first-order valence-electron chi connectivity index (χ1n) is 7.94. The summed E-state index contributed by atoms with van der Waals surface area (Å²) in [5.41, 5.74) is 0. The second-order valence-electron chi connectivity index (χ2n) is 6.01. The van der Waals surface area contributed by atoms with E-state index in [1.165, 1.54) is 12.8 Å². The van der Waals surface area contributed by atoms with Crippen LogP contribution in [0.5, 0.6) is 0 Å². The lowest BCUT2D eigenvalue weighted by molar-refractivity contribution is -0.142. The average Bonchev–Trinajstić information content (AvgIpc) is 3.13. The third kappa shape index (κ3) is 3.87. The van der Waals surface area contributed by atoms with Gasteiger partial charge in [-0.15, -0.1) is 0 Å². The number of amides is 2. The zero-order chi connectivity index (χ0) is 15.4. The molecule has 120 valence electrons. The maximum absolute atomic E-state index is 12.8. The lowest BCUT2D eigenvalue weighted by atomic mass is 10.0. The van der Waals surface area contributed by atoms with Crippen LogP contribution in [0.3, 0.4) is 0 Å². The molecule has 21 heavy (non-hydrogen) atoms. The van der Waals surface area contributed by atoms with Crippen molar-refractivity contribution in [2.45, 2.75) is 39.2 Å². The van der Waals surface area contributed by atoms with Crippen LogP contribution in [0.15, 0.2) is 0 Å². The van der Waals surface area contributed by atoms with Crippen LogP contribution in [0.25, 0.3) is 0 Å². The van der Waals surface area contributed by atoms with Gasteiger partial charge in [0.25, 0.3) is 0 Å². The molecule has 1 saturated heterocycles. The third-order valence-electron chi connectivity index (χ3n) is 4.29. The zero-order valence-electron chi connectivity index (χ0n) is 13.0. The van der Waals surface area contributed by atoms with E-state index in [9.17, 15) is 14.7 Å². The molecule has 1 aliphatic carbocycles. The Morgan fingerprint density at radius 3 is 2.48 bits per heavy atom. The van der Waals surface area contributed by atoms with E-state index >= 15 is 0 Å². The second kappa shape index (κ2) is 7.11. The maximum Gasteiger partial charge on any atom is 0.320 e. The molecule has 2 atom stereocenters. The predicted molar refractivity (Wildman–Crippen MR) is 78.1 cm³/mol. The normalized spacial score (nSPS) is 24.9. The molecule has 2 unspecified atom stereocenters. The molecule has 1 N–H and O–H groups in total. The van der Waals surface area contributed by atoms with E-state index in [-0.39, 0.29) is 18.7 Å². The molecule has 0 bridgehead atoms. The number of hydrogen-bond acceptors (Lipinski definition) is 3. The highest BCUT2D eigenvalue weighted by molar-refractivity contribution is 5.77. The molecule has 1 aliphatic heterocycles. The largest absolute Gasteiger partial charge is 0.481 e. The van der Waals surface area contributed by atoms with Crippen molar-refractivity contribution in [3.05, 3.63) is 0 Å². The lowest BCUT2D eigenvalue weighted by Crippen LogP contribution is -2.52. The minimum Gasteiger partial charge on any atom is -0.481 e. The molecule has 0 aromatic rings. The number of ether oxygens (including phenoxy) is 1. The molecule has 2 fully saturated rings. The first kappa shape index (κ1) is 16.1. The number of rotatable bonds is 7. The highest BCUT2D eigenvalue weighted by atomic mass is 16.5. The Bertz CT molecular complexity index is 384. The van der Waals surface area contributed by atoms with Crippen molar-refractivity contribution >= 4 is 12.0 Å². The number of aliphatic carboxylic acids is 1. The van der Waals surface area contributed by atoms with Crippen LogP contribution in [-0.2, 0) is 9.53 Å². The average molecular weight is 298 g/mol. The van der Waals surface area contributed by atoms with Gasteiger partial charge in [0.1, 0.15) is 5.92 Å². The molecule has 2 rings (SSSR count). The van der Waals surface area contributed by atoms with Crippen LogP contribution in [0, 0.1) is 11.8 Å². The van der Waals surface area contributed by atoms with Gasteiger partial charge in [0.15, 0.2) is 0 Å². The van der Waals surface area contributed by atoms with E-state index in [1.807, 2.05) is 11.8 Å². The van der Waals surface area contributed by atoms with Gasteiger partial charge in [-0.2, -0.15) is 0 Å². The Kier molecular flexibility index (Phi) is 5.45. The van der Waals surface area contributed by atoms with Gasteiger partial charge in [-0.3, -0.25) is 4.79 Å². The summed E-state index contributed by atoms with van der Waals surface area (Å²) in [5.74, 6) is -0.861. The van der Waals surface area contributed by atoms with E-state index < -0.39 is 11.9 Å². The number of carboxylic acids is 1. The van der Waals surface area contributed by atoms with Crippen LogP contribution in [-0.4, -0.2) is 65.8 Å². The smallest absolute Gasteiger partial charge is 0.320 e. The Hall–Kier alpha value is -1.30. The molecular formula is C15H26N2O4. The molecule has 2 amide bonds. The van der Waals surface area contributed by atoms with E-state index in [0.717, 1.165) is 19.5 Å². The summed E-state index contributed by atoms with van der Waals surface area (Å²) in [5, 5.41) is 9.28. The quantitative estimate of drug-likeness (QED) is 0.776. The molecule has 0 spiro atoms. The monoisotopic (exact) mass is 298 g/mol. The number of likely N-dealkylation sites (N-methyl/N-ethyl adjacent to an activating group) is 1. The molecule has 1 saturated carbocycles. The molecule has 0 radical (unpaired) electrons. The summed E-state index contributed by atoms with van der Waals surface area (Å²) >= 11 is 0. The van der Waals surface area contributed by atoms with Crippen LogP contribution >= 0.6 is 0 Å². The van der Waals surface area contributed by atoms with Crippen molar-refractivity contribution in [2.24, 2.45) is 11.8 Å². The highest BCUT2D eigenvalue weighted by Crippen LogP contribution is 2.30. The van der Waals surface area contributed by atoms with Crippen molar-refractivity contribution in [1.29, 1.82) is 0 Å². The fraction of sp³-hybridized carbons (Fsp3) is 0.867. The molecule has 2 aliphatic rings. The molecular weight excluding hydrogens is 272 g/mol. The van der Waals surface area contributed by atoms with Crippen molar-refractivity contribution in [1.82, 2.24) is 9.80 Å². The first-order chi connectivity index (χ1) is 10.1. The van der Waals surface area contributed by atoms with Gasteiger partial charge in [0, 0.05) is 19.6 Å². The van der Waals surface area contributed by atoms with Crippen LogP contribution in [0.2, 0.25) is 0 Å². The molecule has 0 aromatic heterocycles. The Morgan fingerprint density at radius 2 is 1.95 bits per heavy atom. The summed E-state index contributed by atoms with van der Waals surface area (Å²) in [6.07, 6.45) is 3.31. The van der Waals surface area contributed by atoms with Gasteiger partial charge in [-0.25, -0.2) is 4.79 Å². The van der Waals surface area contributed by atoms with Gasteiger partial charge in [0.2, 0.25) is 0 Å². The van der Waals surface area contributed by atoms with E-state index in [0.29, 0.717) is 19.1 Å². The molecule has 1 heterocycles. The van der Waals surface area contributed by atoms with Crippen molar-refractivity contribution in [3.8, 4) is 0 Å². The molecule has 0 aromatic carbocycles. The van der Waals surface area contributed by atoms with Gasteiger partial charge >= 0.3 is 12.0 Å².